The van der Waals surface area contributed by atoms with E-state index < -0.39 is 5.97 Å². The highest BCUT2D eigenvalue weighted by Gasteiger charge is 2.14. The van der Waals surface area contributed by atoms with Gasteiger partial charge < -0.3 is 15.2 Å². The molecule has 6 heteroatoms. The lowest BCUT2D eigenvalue weighted by atomic mass is 10.2. The summed E-state index contributed by atoms with van der Waals surface area (Å²) in [4.78, 5) is 15.6. The molecule has 1 heterocycles. The van der Waals surface area contributed by atoms with Crippen LogP contribution in [0.25, 0.3) is 0 Å². The second-order valence-electron chi connectivity index (χ2n) is 3.89. The number of hydrogen-bond donors (Lipinski definition) is 2. The Kier molecular flexibility index (Phi) is 4.01. The summed E-state index contributed by atoms with van der Waals surface area (Å²) >= 11 is 1.33. The van der Waals surface area contributed by atoms with E-state index in [2.05, 4.69) is 10.3 Å². The molecule has 0 aliphatic rings. The van der Waals surface area contributed by atoms with E-state index in [1.54, 1.807) is 14.0 Å². The van der Waals surface area contributed by atoms with Crippen molar-refractivity contribution < 1.29 is 14.6 Å². The standard InChI is InChI=1S/C13H14N2O3S/c1-8-11(12(16)17)15-13(19-8)14-7-9-5-3-4-6-10(9)18-2/h3-6H,7H2,1-2H3,(H,14,15)(H,16,17). The number of aromatic carboxylic acids is 1. The van der Waals surface area contributed by atoms with E-state index in [9.17, 15) is 4.79 Å². The Labute approximate surface area is 114 Å². The molecule has 0 atom stereocenters. The van der Waals surface area contributed by atoms with Gasteiger partial charge in [0.25, 0.3) is 0 Å². The first-order valence-corrected chi connectivity index (χ1v) is 6.50. The van der Waals surface area contributed by atoms with Crippen LogP contribution < -0.4 is 10.1 Å². The van der Waals surface area contributed by atoms with Crippen LogP contribution in [0.1, 0.15) is 20.9 Å². The fraction of sp³-hybridized carbons (Fsp3) is 0.231. The van der Waals surface area contributed by atoms with Gasteiger partial charge in [-0.05, 0) is 13.0 Å². The number of para-hydroxylation sites is 1. The monoisotopic (exact) mass is 278 g/mol. The number of hydrogen-bond acceptors (Lipinski definition) is 5. The van der Waals surface area contributed by atoms with Gasteiger partial charge in [0.05, 0.1) is 7.11 Å². The topological polar surface area (TPSA) is 71.5 Å². The molecule has 0 saturated heterocycles. The van der Waals surface area contributed by atoms with Gasteiger partial charge >= 0.3 is 5.97 Å². The van der Waals surface area contributed by atoms with E-state index in [1.165, 1.54) is 11.3 Å². The van der Waals surface area contributed by atoms with Gasteiger partial charge in [0, 0.05) is 17.0 Å². The number of anilines is 1. The summed E-state index contributed by atoms with van der Waals surface area (Å²) in [6.07, 6.45) is 0. The highest BCUT2D eigenvalue weighted by molar-refractivity contribution is 7.15. The number of carboxylic acid groups (broad SMARTS) is 1. The van der Waals surface area contributed by atoms with Gasteiger partial charge in [-0.3, -0.25) is 0 Å². The Hall–Kier alpha value is -2.08. The highest BCUT2D eigenvalue weighted by atomic mass is 32.1. The molecule has 0 saturated carbocycles. The first-order chi connectivity index (χ1) is 9.11. The van der Waals surface area contributed by atoms with Gasteiger partial charge in [-0.25, -0.2) is 9.78 Å². The minimum Gasteiger partial charge on any atom is -0.496 e. The Bertz CT molecular complexity index is 595. The molecule has 1 aromatic carbocycles. The average Bonchev–Trinajstić information content (AvgIpc) is 2.78. The molecule has 0 bridgehead atoms. The molecule has 1 aromatic heterocycles. The van der Waals surface area contributed by atoms with Crippen LogP contribution in [0.4, 0.5) is 5.13 Å². The summed E-state index contributed by atoms with van der Waals surface area (Å²) in [5.41, 5.74) is 1.10. The predicted molar refractivity (Wildman–Crippen MR) is 74.1 cm³/mol. The fourth-order valence-electron chi connectivity index (χ4n) is 1.69. The summed E-state index contributed by atoms with van der Waals surface area (Å²) in [5, 5.41) is 12.7. The van der Waals surface area contributed by atoms with Crippen LogP contribution in [0.2, 0.25) is 0 Å². The fourth-order valence-corrected chi connectivity index (χ4v) is 2.49. The minimum atomic E-state index is -1.00. The Morgan fingerprint density at radius 2 is 2.21 bits per heavy atom. The molecule has 0 amide bonds. The van der Waals surface area contributed by atoms with Gasteiger partial charge in [-0.15, -0.1) is 11.3 Å². The second kappa shape index (κ2) is 5.71. The van der Waals surface area contributed by atoms with Gasteiger partial charge in [-0.1, -0.05) is 18.2 Å². The smallest absolute Gasteiger partial charge is 0.355 e. The number of thiazole rings is 1. The summed E-state index contributed by atoms with van der Waals surface area (Å²) in [5.74, 6) is -0.208. The lowest BCUT2D eigenvalue weighted by Gasteiger charge is -2.08. The number of nitrogens with one attached hydrogen (secondary N) is 1. The molecule has 19 heavy (non-hydrogen) atoms. The molecule has 0 unspecified atom stereocenters. The molecule has 2 N–H and O–H groups in total. The van der Waals surface area contributed by atoms with Crippen molar-refractivity contribution >= 4 is 22.4 Å². The van der Waals surface area contributed by atoms with E-state index in [4.69, 9.17) is 9.84 Å². The summed E-state index contributed by atoms with van der Waals surface area (Å²) in [7, 11) is 1.62. The summed E-state index contributed by atoms with van der Waals surface area (Å²) in [6.45, 7) is 2.28. The first-order valence-electron chi connectivity index (χ1n) is 5.68. The lowest BCUT2D eigenvalue weighted by Crippen LogP contribution is -2.03. The van der Waals surface area contributed by atoms with Crippen molar-refractivity contribution in [2.24, 2.45) is 0 Å². The van der Waals surface area contributed by atoms with Gasteiger partial charge in [0.1, 0.15) is 5.75 Å². The zero-order valence-corrected chi connectivity index (χ0v) is 11.5. The van der Waals surface area contributed by atoms with Crippen molar-refractivity contribution in [1.29, 1.82) is 0 Å². The number of carboxylic acids is 1. The number of ether oxygens (including phenoxy) is 1. The van der Waals surface area contributed by atoms with Gasteiger partial charge in [0.2, 0.25) is 0 Å². The maximum absolute atomic E-state index is 10.9. The third-order valence-electron chi connectivity index (χ3n) is 2.62. The zero-order valence-electron chi connectivity index (χ0n) is 10.6. The molecule has 0 spiro atoms. The Balaban J connectivity index is 2.10. The van der Waals surface area contributed by atoms with Crippen LogP contribution >= 0.6 is 11.3 Å². The number of aromatic nitrogens is 1. The molecular formula is C13H14N2O3S. The first kappa shape index (κ1) is 13.4. The number of carbonyl (C=O) groups is 1. The molecule has 2 rings (SSSR count). The number of methoxy groups -OCH3 is 1. The summed E-state index contributed by atoms with van der Waals surface area (Å²) < 4.78 is 5.25. The molecule has 2 aromatic rings. The predicted octanol–water partition coefficient (Wildman–Crippen LogP) is 2.77. The van der Waals surface area contributed by atoms with Crippen LogP contribution in [0, 0.1) is 6.92 Å². The second-order valence-corrected chi connectivity index (χ2v) is 5.10. The van der Waals surface area contributed by atoms with Crippen molar-refractivity contribution in [3.8, 4) is 5.75 Å². The van der Waals surface area contributed by atoms with E-state index >= 15 is 0 Å². The van der Waals surface area contributed by atoms with Crippen molar-refractivity contribution in [2.45, 2.75) is 13.5 Å². The van der Waals surface area contributed by atoms with E-state index in [-0.39, 0.29) is 5.69 Å². The number of benzene rings is 1. The van der Waals surface area contributed by atoms with Crippen LogP contribution in [0.5, 0.6) is 5.75 Å². The average molecular weight is 278 g/mol. The minimum absolute atomic E-state index is 0.104. The molecule has 0 radical (unpaired) electrons. The normalized spacial score (nSPS) is 10.2. The van der Waals surface area contributed by atoms with Crippen molar-refractivity contribution in [3.05, 3.63) is 40.4 Å². The molecule has 5 nitrogen and oxygen atoms in total. The van der Waals surface area contributed by atoms with E-state index in [1.807, 2.05) is 24.3 Å². The zero-order chi connectivity index (χ0) is 13.8. The largest absolute Gasteiger partial charge is 0.496 e. The van der Waals surface area contributed by atoms with E-state index in [0.717, 1.165) is 11.3 Å². The third kappa shape index (κ3) is 3.03. The van der Waals surface area contributed by atoms with Crippen LogP contribution in [-0.2, 0) is 6.54 Å². The van der Waals surface area contributed by atoms with Crippen LogP contribution in [0.15, 0.2) is 24.3 Å². The molecule has 0 aliphatic heterocycles. The quantitative estimate of drug-likeness (QED) is 0.880. The number of aryl methyl sites for hydroxylation is 1. The maximum Gasteiger partial charge on any atom is 0.355 e. The van der Waals surface area contributed by atoms with Gasteiger partial charge in [0.15, 0.2) is 10.8 Å². The third-order valence-corrected chi connectivity index (χ3v) is 3.55. The number of rotatable bonds is 5. The molecule has 0 fully saturated rings. The Morgan fingerprint density at radius 1 is 1.47 bits per heavy atom. The van der Waals surface area contributed by atoms with E-state index in [0.29, 0.717) is 16.6 Å². The lowest BCUT2D eigenvalue weighted by molar-refractivity contribution is 0.0690. The van der Waals surface area contributed by atoms with Crippen LogP contribution in [-0.4, -0.2) is 23.2 Å². The SMILES string of the molecule is COc1ccccc1CNc1nc(C(=O)O)c(C)s1. The maximum atomic E-state index is 10.9. The van der Waals surface area contributed by atoms with Crippen molar-refractivity contribution in [2.75, 3.05) is 12.4 Å². The van der Waals surface area contributed by atoms with Crippen LogP contribution in [0.3, 0.4) is 0 Å². The molecule has 100 valence electrons. The summed E-state index contributed by atoms with van der Waals surface area (Å²) in [6, 6.07) is 7.66. The van der Waals surface area contributed by atoms with Gasteiger partial charge in [-0.2, -0.15) is 0 Å². The van der Waals surface area contributed by atoms with Crippen molar-refractivity contribution in [1.82, 2.24) is 4.98 Å². The molecule has 0 aliphatic carbocycles. The number of nitrogens with zero attached hydrogens (tertiary/aromatic N) is 1. The molecular weight excluding hydrogens is 264 g/mol. The van der Waals surface area contributed by atoms with Crippen molar-refractivity contribution in [3.63, 3.8) is 0 Å². The highest BCUT2D eigenvalue weighted by Crippen LogP contribution is 2.24. The Morgan fingerprint density at radius 3 is 2.84 bits per heavy atom.